The minimum absolute atomic E-state index is 0.0449. The number of hydrogen-bond donors (Lipinski definition) is 1. The molecule has 0 aliphatic heterocycles. The third-order valence-electron chi connectivity index (χ3n) is 6.15. The van der Waals surface area contributed by atoms with Crippen molar-refractivity contribution in [3.8, 4) is 0 Å². The summed E-state index contributed by atoms with van der Waals surface area (Å²) in [5, 5.41) is 8.66. The summed E-state index contributed by atoms with van der Waals surface area (Å²) in [5.74, 6) is -1.02. The van der Waals surface area contributed by atoms with Crippen molar-refractivity contribution in [2.75, 3.05) is 0 Å². The fourth-order valence-electron chi connectivity index (χ4n) is 4.39. The smallest absolute Gasteiger partial charge is 0.262 e. The zero-order valence-corrected chi connectivity index (χ0v) is 15.5. The fourth-order valence-corrected chi connectivity index (χ4v) is 4.39. The normalized spacial score (nSPS) is 25.1. The van der Waals surface area contributed by atoms with Gasteiger partial charge >= 0.3 is 0 Å². The van der Waals surface area contributed by atoms with E-state index in [0.717, 1.165) is 24.3 Å². The van der Waals surface area contributed by atoms with E-state index in [4.69, 9.17) is 9.51 Å². The molecule has 7 nitrogen and oxygen atoms in total. The van der Waals surface area contributed by atoms with Crippen molar-refractivity contribution < 1.29 is 13.3 Å². The molecule has 3 aromatic heterocycles. The van der Waals surface area contributed by atoms with Crippen LogP contribution in [0.3, 0.4) is 0 Å². The number of fused-ring (bicyclic) bond motifs is 1. The number of H-pyrrole nitrogens is 1. The first kappa shape index (κ1) is 17.5. The molecule has 2 atom stereocenters. The van der Waals surface area contributed by atoms with Crippen LogP contribution in [0, 0.1) is 6.92 Å². The number of aromatic amines is 1. The van der Waals surface area contributed by atoms with E-state index in [9.17, 15) is 13.6 Å². The number of aryl methyl sites for hydroxylation is 1. The van der Waals surface area contributed by atoms with E-state index in [1.807, 2.05) is 13.0 Å². The van der Waals surface area contributed by atoms with Crippen LogP contribution < -0.4 is 5.56 Å². The number of aromatic nitrogens is 5. The van der Waals surface area contributed by atoms with Gasteiger partial charge < -0.3 is 9.51 Å². The van der Waals surface area contributed by atoms with Crippen LogP contribution in [-0.4, -0.2) is 30.8 Å². The lowest BCUT2D eigenvalue weighted by Crippen LogP contribution is -2.28. The first-order valence-electron chi connectivity index (χ1n) is 9.70. The van der Waals surface area contributed by atoms with Crippen molar-refractivity contribution in [2.45, 2.75) is 69.2 Å². The van der Waals surface area contributed by atoms with Crippen molar-refractivity contribution >= 4 is 11.0 Å². The van der Waals surface area contributed by atoms with Crippen LogP contribution in [0.15, 0.2) is 21.6 Å². The van der Waals surface area contributed by atoms with E-state index in [1.165, 1.54) is 6.20 Å². The summed E-state index contributed by atoms with van der Waals surface area (Å²) in [5.41, 5.74) is 1.06. The van der Waals surface area contributed by atoms with E-state index in [2.05, 4.69) is 15.2 Å². The Labute approximate surface area is 159 Å². The molecule has 0 amide bonds. The lowest BCUT2D eigenvalue weighted by atomic mass is 9.71. The zero-order valence-electron chi connectivity index (χ0n) is 15.5. The first-order valence-corrected chi connectivity index (χ1v) is 9.70. The summed E-state index contributed by atoms with van der Waals surface area (Å²) in [6.07, 6.45) is 3.65. The lowest BCUT2D eigenvalue weighted by molar-refractivity contribution is -0.0446. The Hall–Kier alpha value is -2.58. The molecule has 3 aromatic rings. The molecule has 0 aromatic carbocycles. The van der Waals surface area contributed by atoms with E-state index in [1.54, 1.807) is 4.68 Å². The van der Waals surface area contributed by atoms with E-state index < -0.39 is 5.92 Å². The first-order chi connectivity index (χ1) is 13.4. The highest BCUT2D eigenvalue weighted by Crippen LogP contribution is 2.48. The number of nitrogens with zero attached hydrogens (tertiary/aromatic N) is 4. The van der Waals surface area contributed by atoms with Crippen LogP contribution in [0.5, 0.6) is 0 Å². The highest BCUT2D eigenvalue weighted by atomic mass is 19.3. The summed E-state index contributed by atoms with van der Waals surface area (Å²) in [6, 6.07) is 1.76. The standard InChI is InChI=1S/C19H21F2N5O2/c1-10-8-15(28-25-10)12-2-3-13(12)16-23-17-14(18(27)24-16)9-22-26(17)11-4-6-19(20,21)7-5-11/h8-9,11-13H,2-7H2,1H3,(H,23,24,27)/t12-,13-/m1/s1. The molecule has 0 spiro atoms. The molecule has 148 valence electrons. The molecule has 28 heavy (non-hydrogen) atoms. The highest BCUT2D eigenvalue weighted by Gasteiger charge is 2.39. The van der Waals surface area contributed by atoms with Crippen LogP contribution in [0.25, 0.3) is 11.0 Å². The Bertz CT molecular complexity index is 1080. The third-order valence-corrected chi connectivity index (χ3v) is 6.15. The Balaban J connectivity index is 1.49. The predicted octanol–water partition coefficient (Wildman–Crippen LogP) is 3.83. The Morgan fingerprint density at radius 2 is 1.96 bits per heavy atom. The molecular formula is C19H21F2N5O2. The van der Waals surface area contributed by atoms with Crippen LogP contribution in [-0.2, 0) is 0 Å². The number of rotatable bonds is 3. The number of hydrogen-bond acceptors (Lipinski definition) is 5. The van der Waals surface area contributed by atoms with Gasteiger partial charge in [0.1, 0.15) is 17.0 Å². The molecule has 5 rings (SSSR count). The molecule has 2 fully saturated rings. The van der Waals surface area contributed by atoms with Gasteiger partial charge in [-0.1, -0.05) is 5.16 Å². The molecule has 1 N–H and O–H groups in total. The van der Waals surface area contributed by atoms with Crippen LogP contribution >= 0.6 is 0 Å². The zero-order chi connectivity index (χ0) is 19.5. The van der Waals surface area contributed by atoms with Gasteiger partial charge in [-0.3, -0.25) is 4.79 Å². The number of nitrogens with one attached hydrogen (secondary N) is 1. The summed E-state index contributed by atoms with van der Waals surface area (Å²) >= 11 is 0. The second-order valence-electron chi connectivity index (χ2n) is 8.03. The third kappa shape index (κ3) is 2.84. The van der Waals surface area contributed by atoms with Gasteiger partial charge in [0.25, 0.3) is 5.56 Å². The van der Waals surface area contributed by atoms with Gasteiger partial charge in [0.2, 0.25) is 5.92 Å². The van der Waals surface area contributed by atoms with Crippen molar-refractivity contribution in [3.63, 3.8) is 0 Å². The van der Waals surface area contributed by atoms with Crippen molar-refractivity contribution in [2.24, 2.45) is 0 Å². The largest absolute Gasteiger partial charge is 0.361 e. The van der Waals surface area contributed by atoms with Gasteiger partial charge in [-0.15, -0.1) is 0 Å². The van der Waals surface area contributed by atoms with Gasteiger partial charge in [0.05, 0.1) is 17.9 Å². The maximum atomic E-state index is 13.5. The summed E-state index contributed by atoms with van der Waals surface area (Å²) in [6.45, 7) is 1.87. The molecule has 2 aliphatic carbocycles. The van der Waals surface area contributed by atoms with Crippen molar-refractivity contribution in [3.05, 3.63) is 39.9 Å². The van der Waals surface area contributed by atoms with Crippen molar-refractivity contribution in [1.29, 1.82) is 0 Å². The molecule has 0 saturated heterocycles. The Morgan fingerprint density at radius 3 is 2.61 bits per heavy atom. The summed E-state index contributed by atoms with van der Waals surface area (Å²) < 4.78 is 34.1. The molecule has 3 heterocycles. The summed E-state index contributed by atoms with van der Waals surface area (Å²) in [7, 11) is 0. The van der Waals surface area contributed by atoms with Gasteiger partial charge in [-0.25, -0.2) is 18.4 Å². The monoisotopic (exact) mass is 389 g/mol. The summed E-state index contributed by atoms with van der Waals surface area (Å²) in [4.78, 5) is 20.2. The molecule has 0 bridgehead atoms. The van der Waals surface area contributed by atoms with Crippen LogP contribution in [0.1, 0.15) is 73.7 Å². The second kappa shape index (κ2) is 6.22. The van der Waals surface area contributed by atoms with Crippen LogP contribution in [0.4, 0.5) is 8.78 Å². The second-order valence-corrected chi connectivity index (χ2v) is 8.03. The maximum absolute atomic E-state index is 13.5. The molecular weight excluding hydrogens is 368 g/mol. The van der Waals surface area contributed by atoms with Gasteiger partial charge in [0, 0.05) is 30.7 Å². The van der Waals surface area contributed by atoms with E-state index >= 15 is 0 Å². The van der Waals surface area contributed by atoms with Gasteiger partial charge in [-0.2, -0.15) is 5.10 Å². The average Bonchev–Trinajstić information content (AvgIpc) is 3.21. The quantitative estimate of drug-likeness (QED) is 0.735. The molecule has 2 saturated carbocycles. The van der Waals surface area contributed by atoms with Crippen molar-refractivity contribution in [1.82, 2.24) is 24.9 Å². The van der Waals surface area contributed by atoms with E-state index in [0.29, 0.717) is 29.7 Å². The Morgan fingerprint density at radius 1 is 1.21 bits per heavy atom. The highest BCUT2D eigenvalue weighted by molar-refractivity contribution is 5.73. The lowest BCUT2D eigenvalue weighted by Gasteiger charge is -2.33. The predicted molar refractivity (Wildman–Crippen MR) is 96.6 cm³/mol. The van der Waals surface area contributed by atoms with E-state index in [-0.39, 0.29) is 36.3 Å². The minimum Gasteiger partial charge on any atom is -0.361 e. The Kier molecular flexibility index (Phi) is 3.89. The maximum Gasteiger partial charge on any atom is 0.262 e. The average molecular weight is 389 g/mol. The van der Waals surface area contributed by atoms with Crippen LogP contribution in [0.2, 0.25) is 0 Å². The minimum atomic E-state index is -2.61. The van der Waals surface area contributed by atoms with Gasteiger partial charge in [0.15, 0.2) is 5.65 Å². The molecule has 0 radical (unpaired) electrons. The van der Waals surface area contributed by atoms with Gasteiger partial charge in [-0.05, 0) is 32.6 Å². The topological polar surface area (TPSA) is 89.6 Å². The number of halogens is 2. The number of alkyl halides is 2. The molecule has 9 heteroatoms. The molecule has 2 aliphatic rings. The molecule has 0 unspecified atom stereocenters. The SMILES string of the molecule is Cc1cc([C@@H]2CC[C@H]2c2nc3c(cnn3C3CCC(F)(F)CC3)c(=O)[nH]2)on1. The fraction of sp³-hybridized carbons (Fsp3) is 0.579.